The van der Waals surface area contributed by atoms with Crippen LogP contribution in [0.15, 0.2) is 67.0 Å². The Kier molecular flexibility index (Phi) is 6.38. The van der Waals surface area contributed by atoms with Gasteiger partial charge in [-0.05, 0) is 48.0 Å². The number of rotatable bonds is 6. The molecule has 1 atom stereocenters. The highest BCUT2D eigenvalue weighted by Gasteiger charge is 2.19. The van der Waals surface area contributed by atoms with E-state index in [1.165, 1.54) is 36.5 Å². The van der Waals surface area contributed by atoms with Gasteiger partial charge in [0.05, 0.1) is 39.1 Å². The van der Waals surface area contributed by atoms with Crippen LogP contribution in [0.4, 0.5) is 25.8 Å². The maximum Gasteiger partial charge on any atom is 0.141 e. The van der Waals surface area contributed by atoms with Crippen molar-refractivity contribution in [1.29, 1.82) is 5.26 Å². The number of aromatic amines is 1. The lowest BCUT2D eigenvalue weighted by atomic mass is 10.0. The van der Waals surface area contributed by atoms with E-state index in [4.69, 9.17) is 23.2 Å². The number of H-pyrrole nitrogens is 1. The van der Waals surface area contributed by atoms with Crippen molar-refractivity contribution < 1.29 is 8.78 Å². The van der Waals surface area contributed by atoms with Crippen molar-refractivity contribution in [3.8, 4) is 6.07 Å². The number of hydrogen-bond donors (Lipinski definition) is 3. The van der Waals surface area contributed by atoms with Crippen molar-refractivity contribution in [3.63, 3.8) is 0 Å². The third-order valence-electron chi connectivity index (χ3n) is 5.48. The third kappa shape index (κ3) is 4.64. The molecule has 0 radical (unpaired) electrons. The molecule has 0 bridgehead atoms. The lowest BCUT2D eigenvalue weighted by molar-refractivity contribution is 0.626. The second-order valence-electron chi connectivity index (χ2n) is 7.79. The van der Waals surface area contributed by atoms with E-state index in [1.54, 1.807) is 30.5 Å². The second kappa shape index (κ2) is 9.77. The van der Waals surface area contributed by atoms with E-state index in [1.807, 2.05) is 0 Å². The molecule has 2 aromatic heterocycles. The van der Waals surface area contributed by atoms with Crippen LogP contribution in [0.2, 0.25) is 10.0 Å². The van der Waals surface area contributed by atoms with Crippen LogP contribution in [0.3, 0.4) is 0 Å². The highest BCUT2D eigenvalue weighted by molar-refractivity contribution is 6.36. The summed E-state index contributed by atoms with van der Waals surface area (Å²) in [5.74, 6) is -0.922. The van der Waals surface area contributed by atoms with Crippen molar-refractivity contribution in [1.82, 2.24) is 20.4 Å². The van der Waals surface area contributed by atoms with Crippen LogP contribution < -0.4 is 10.6 Å². The molecule has 0 amide bonds. The predicted octanol–water partition coefficient (Wildman–Crippen LogP) is 6.75. The minimum Gasteiger partial charge on any atom is -0.373 e. The van der Waals surface area contributed by atoms with E-state index in [0.717, 1.165) is 5.56 Å². The van der Waals surface area contributed by atoms with Gasteiger partial charge in [0.2, 0.25) is 0 Å². The molecule has 2 heterocycles. The third-order valence-corrected chi connectivity index (χ3v) is 6.06. The summed E-state index contributed by atoms with van der Waals surface area (Å²) in [5.41, 5.74) is 3.51. The van der Waals surface area contributed by atoms with Crippen LogP contribution in [0.25, 0.3) is 10.9 Å². The largest absolute Gasteiger partial charge is 0.373 e. The Morgan fingerprint density at radius 2 is 1.72 bits per heavy atom. The molecule has 0 aliphatic heterocycles. The number of anilines is 3. The molecule has 0 aliphatic carbocycles. The molecule has 5 rings (SSSR count). The predicted molar refractivity (Wildman–Crippen MR) is 134 cm³/mol. The highest BCUT2D eigenvalue weighted by Crippen LogP contribution is 2.37. The SMILES string of the molecule is N#Cc1cnc2c(Cl)cc(NC(c3ccc(F)cc3)c3cn[nH]n3)cc2c1Nc1ccc(F)c(Cl)c1. The molecule has 178 valence electrons. The number of benzene rings is 3. The Morgan fingerprint density at radius 1 is 0.944 bits per heavy atom. The summed E-state index contributed by atoms with van der Waals surface area (Å²) < 4.78 is 27.2. The normalized spacial score (nSPS) is 11.8. The van der Waals surface area contributed by atoms with Crippen molar-refractivity contribution >= 4 is 51.2 Å². The van der Waals surface area contributed by atoms with Gasteiger partial charge in [-0.3, -0.25) is 4.98 Å². The van der Waals surface area contributed by atoms with Gasteiger partial charge >= 0.3 is 0 Å². The first-order valence-electron chi connectivity index (χ1n) is 10.5. The quantitative estimate of drug-likeness (QED) is 0.228. The number of nitrogens with one attached hydrogen (secondary N) is 3. The lowest BCUT2D eigenvalue weighted by Gasteiger charge is -2.20. The van der Waals surface area contributed by atoms with E-state index < -0.39 is 11.9 Å². The Labute approximate surface area is 213 Å². The van der Waals surface area contributed by atoms with Gasteiger partial charge in [-0.15, -0.1) is 0 Å². The number of nitrogens with zero attached hydrogens (tertiary/aromatic N) is 4. The molecule has 5 aromatic rings. The summed E-state index contributed by atoms with van der Waals surface area (Å²) in [4.78, 5) is 4.35. The smallest absolute Gasteiger partial charge is 0.141 e. The van der Waals surface area contributed by atoms with Crippen LogP contribution >= 0.6 is 23.2 Å². The standard InChI is InChI=1S/C25H15Cl2F2N7/c26-19-8-16(5-6-21(19)29)33-23-14(10-30)11-31-25-18(23)7-17(9-20(25)27)34-24(22-12-32-36-35-22)13-1-3-15(28)4-2-13/h1-9,11-12,24,34H,(H,31,33)(H,32,35,36). The van der Waals surface area contributed by atoms with Gasteiger partial charge in [-0.2, -0.15) is 20.7 Å². The Morgan fingerprint density at radius 3 is 2.42 bits per heavy atom. The summed E-state index contributed by atoms with van der Waals surface area (Å²) in [5, 5.41) is 27.7. The molecule has 11 heteroatoms. The molecular formula is C25H15Cl2F2N7. The zero-order valence-corrected chi connectivity index (χ0v) is 19.7. The first kappa shape index (κ1) is 23.5. The Balaban J connectivity index is 1.61. The fourth-order valence-corrected chi connectivity index (χ4v) is 4.23. The fraction of sp³-hybridized carbons (Fsp3) is 0.0400. The van der Waals surface area contributed by atoms with E-state index in [-0.39, 0.29) is 16.4 Å². The van der Waals surface area contributed by atoms with Crippen molar-refractivity contribution in [2.75, 3.05) is 10.6 Å². The zero-order chi connectivity index (χ0) is 25.2. The van der Waals surface area contributed by atoms with Crippen LogP contribution in [-0.4, -0.2) is 20.4 Å². The molecule has 3 N–H and O–H groups in total. The number of nitriles is 1. The Hall–Kier alpha value is -4.26. The number of pyridine rings is 1. The van der Waals surface area contributed by atoms with E-state index in [2.05, 4.69) is 37.1 Å². The van der Waals surface area contributed by atoms with Crippen molar-refractivity contribution in [2.45, 2.75) is 6.04 Å². The highest BCUT2D eigenvalue weighted by atomic mass is 35.5. The number of fused-ring (bicyclic) bond motifs is 1. The fourth-order valence-electron chi connectivity index (χ4n) is 3.78. The summed E-state index contributed by atoms with van der Waals surface area (Å²) in [6.07, 6.45) is 2.97. The molecule has 0 saturated heterocycles. The first-order chi connectivity index (χ1) is 17.4. The van der Waals surface area contributed by atoms with Crippen molar-refractivity contribution in [3.05, 3.63) is 105 Å². The van der Waals surface area contributed by atoms with Gasteiger partial charge < -0.3 is 10.6 Å². The average Bonchev–Trinajstić information content (AvgIpc) is 3.40. The van der Waals surface area contributed by atoms with Gasteiger partial charge in [0, 0.05) is 23.0 Å². The summed E-state index contributed by atoms with van der Waals surface area (Å²) in [6.45, 7) is 0. The van der Waals surface area contributed by atoms with Gasteiger partial charge in [-0.25, -0.2) is 8.78 Å². The second-order valence-corrected chi connectivity index (χ2v) is 8.60. The molecule has 36 heavy (non-hydrogen) atoms. The van der Waals surface area contributed by atoms with E-state index in [9.17, 15) is 14.0 Å². The van der Waals surface area contributed by atoms with Gasteiger partial charge in [0.15, 0.2) is 0 Å². The molecule has 0 saturated carbocycles. The number of halogens is 4. The van der Waals surface area contributed by atoms with Crippen molar-refractivity contribution in [2.24, 2.45) is 0 Å². The molecule has 1 unspecified atom stereocenters. The minimum atomic E-state index is -0.559. The summed E-state index contributed by atoms with van der Waals surface area (Å²) >= 11 is 12.5. The maximum atomic E-state index is 13.7. The topological polar surface area (TPSA) is 102 Å². The molecule has 3 aromatic carbocycles. The minimum absolute atomic E-state index is 0.0630. The summed E-state index contributed by atoms with van der Waals surface area (Å²) in [7, 11) is 0. The average molecular weight is 522 g/mol. The number of aromatic nitrogens is 4. The Bertz CT molecular complexity index is 1600. The van der Waals surface area contributed by atoms with Gasteiger partial charge in [0.25, 0.3) is 0 Å². The molecule has 0 spiro atoms. The lowest BCUT2D eigenvalue weighted by Crippen LogP contribution is -2.13. The van der Waals surface area contributed by atoms with Crippen LogP contribution in [0.5, 0.6) is 0 Å². The van der Waals surface area contributed by atoms with E-state index >= 15 is 0 Å². The molecular weight excluding hydrogens is 507 g/mol. The zero-order valence-electron chi connectivity index (χ0n) is 18.2. The number of hydrogen-bond acceptors (Lipinski definition) is 6. The maximum absolute atomic E-state index is 13.7. The monoisotopic (exact) mass is 521 g/mol. The van der Waals surface area contributed by atoms with Gasteiger partial charge in [0.1, 0.15) is 23.4 Å². The van der Waals surface area contributed by atoms with Crippen LogP contribution in [0, 0.1) is 23.0 Å². The van der Waals surface area contributed by atoms with E-state index in [0.29, 0.717) is 38.7 Å². The molecule has 7 nitrogen and oxygen atoms in total. The van der Waals surface area contributed by atoms with Gasteiger partial charge in [-0.1, -0.05) is 35.3 Å². The molecule has 0 fully saturated rings. The molecule has 0 aliphatic rings. The first-order valence-corrected chi connectivity index (χ1v) is 11.3. The summed E-state index contributed by atoms with van der Waals surface area (Å²) in [6, 6.07) is 15.3. The van der Waals surface area contributed by atoms with Crippen LogP contribution in [0.1, 0.15) is 22.9 Å². The van der Waals surface area contributed by atoms with Crippen LogP contribution in [-0.2, 0) is 0 Å².